The Morgan fingerprint density at radius 2 is 2.13 bits per heavy atom. The molecule has 0 atom stereocenters. The van der Waals surface area contributed by atoms with Gasteiger partial charge in [0.1, 0.15) is 21.5 Å². The molecule has 1 N–H and O–H groups in total. The van der Waals surface area contributed by atoms with E-state index in [2.05, 4.69) is 10.3 Å². The SMILES string of the molecule is CCCNc1nc2c(C)cccn2c(=O)c1C=C1SC(=S)N(Cc2ccco2)C1=O. The zero-order valence-electron chi connectivity index (χ0n) is 16.5. The summed E-state index contributed by atoms with van der Waals surface area (Å²) in [6, 6.07) is 7.26. The van der Waals surface area contributed by atoms with E-state index >= 15 is 0 Å². The predicted octanol–water partition coefficient (Wildman–Crippen LogP) is 3.82. The summed E-state index contributed by atoms with van der Waals surface area (Å²) >= 11 is 6.56. The van der Waals surface area contributed by atoms with Crippen LogP contribution in [0.4, 0.5) is 5.82 Å². The molecule has 3 aromatic heterocycles. The van der Waals surface area contributed by atoms with Crippen molar-refractivity contribution in [1.82, 2.24) is 14.3 Å². The van der Waals surface area contributed by atoms with Crippen LogP contribution < -0.4 is 10.9 Å². The molecule has 0 spiro atoms. The largest absolute Gasteiger partial charge is 0.467 e. The van der Waals surface area contributed by atoms with Gasteiger partial charge in [0.2, 0.25) is 0 Å². The van der Waals surface area contributed by atoms with Crippen molar-refractivity contribution < 1.29 is 9.21 Å². The molecule has 3 aromatic rings. The van der Waals surface area contributed by atoms with E-state index in [9.17, 15) is 9.59 Å². The second kappa shape index (κ2) is 8.45. The van der Waals surface area contributed by atoms with Crippen LogP contribution in [0.25, 0.3) is 11.7 Å². The van der Waals surface area contributed by atoms with Crippen molar-refractivity contribution in [1.29, 1.82) is 0 Å². The Hall–Kier alpha value is -2.91. The molecular formula is C21H20N4O3S2. The second-order valence-corrected chi connectivity index (χ2v) is 8.51. The maximum Gasteiger partial charge on any atom is 0.267 e. The summed E-state index contributed by atoms with van der Waals surface area (Å²) in [4.78, 5) is 32.7. The zero-order valence-corrected chi connectivity index (χ0v) is 18.2. The van der Waals surface area contributed by atoms with E-state index in [0.29, 0.717) is 38.6 Å². The molecule has 1 aliphatic rings. The maximum atomic E-state index is 13.2. The van der Waals surface area contributed by atoms with Gasteiger partial charge in [-0.2, -0.15) is 0 Å². The highest BCUT2D eigenvalue weighted by Crippen LogP contribution is 2.34. The minimum absolute atomic E-state index is 0.237. The van der Waals surface area contributed by atoms with Crippen molar-refractivity contribution in [3.8, 4) is 0 Å². The van der Waals surface area contributed by atoms with Crippen molar-refractivity contribution in [2.45, 2.75) is 26.8 Å². The van der Waals surface area contributed by atoms with E-state index < -0.39 is 0 Å². The Labute approximate surface area is 182 Å². The van der Waals surface area contributed by atoms with Gasteiger partial charge in [-0.05, 0) is 43.2 Å². The van der Waals surface area contributed by atoms with E-state index in [0.717, 1.165) is 12.0 Å². The van der Waals surface area contributed by atoms with Gasteiger partial charge in [-0.3, -0.25) is 18.9 Å². The van der Waals surface area contributed by atoms with Gasteiger partial charge in [0, 0.05) is 12.7 Å². The third-order valence-corrected chi connectivity index (χ3v) is 6.05. The Morgan fingerprint density at radius 3 is 2.87 bits per heavy atom. The predicted molar refractivity (Wildman–Crippen MR) is 122 cm³/mol. The summed E-state index contributed by atoms with van der Waals surface area (Å²) in [6.45, 7) is 4.86. The number of fused-ring (bicyclic) bond motifs is 1. The highest BCUT2D eigenvalue weighted by molar-refractivity contribution is 8.26. The fourth-order valence-electron chi connectivity index (χ4n) is 3.15. The quantitative estimate of drug-likeness (QED) is 0.461. The van der Waals surface area contributed by atoms with Gasteiger partial charge in [0.15, 0.2) is 0 Å². The number of thioether (sulfide) groups is 1. The average molecular weight is 441 g/mol. The monoisotopic (exact) mass is 440 g/mol. The van der Waals surface area contributed by atoms with Crippen molar-refractivity contribution in [2.75, 3.05) is 11.9 Å². The Kier molecular flexibility index (Phi) is 5.74. The smallest absolute Gasteiger partial charge is 0.267 e. The molecule has 7 nitrogen and oxygen atoms in total. The Morgan fingerprint density at radius 1 is 1.30 bits per heavy atom. The number of amides is 1. The molecule has 4 rings (SSSR count). The van der Waals surface area contributed by atoms with Crippen molar-refractivity contribution in [2.24, 2.45) is 0 Å². The van der Waals surface area contributed by atoms with Crippen LogP contribution in [-0.4, -0.2) is 31.1 Å². The molecule has 9 heteroatoms. The third-order valence-electron chi connectivity index (χ3n) is 4.67. The first kappa shape index (κ1) is 20.4. The molecule has 0 unspecified atom stereocenters. The van der Waals surface area contributed by atoms with Gasteiger partial charge >= 0.3 is 0 Å². The van der Waals surface area contributed by atoms with Crippen LogP contribution in [0.1, 0.15) is 30.2 Å². The lowest BCUT2D eigenvalue weighted by Gasteiger charge is -2.12. The molecule has 1 saturated heterocycles. The number of hydrogen-bond acceptors (Lipinski definition) is 7. The summed E-state index contributed by atoms with van der Waals surface area (Å²) in [7, 11) is 0. The zero-order chi connectivity index (χ0) is 21.3. The van der Waals surface area contributed by atoms with E-state index in [4.69, 9.17) is 16.6 Å². The lowest BCUT2D eigenvalue weighted by molar-refractivity contribution is -0.122. The number of carbonyl (C=O) groups excluding carboxylic acids is 1. The third kappa shape index (κ3) is 3.78. The maximum absolute atomic E-state index is 13.2. The number of rotatable bonds is 6. The number of aryl methyl sites for hydroxylation is 1. The van der Waals surface area contributed by atoms with Crippen molar-refractivity contribution in [3.63, 3.8) is 0 Å². The average Bonchev–Trinajstić information content (AvgIpc) is 3.33. The minimum Gasteiger partial charge on any atom is -0.467 e. The van der Waals surface area contributed by atoms with Crippen LogP contribution in [0.3, 0.4) is 0 Å². The van der Waals surface area contributed by atoms with Crippen LogP contribution >= 0.6 is 24.0 Å². The van der Waals surface area contributed by atoms with Crippen molar-refractivity contribution in [3.05, 3.63) is 68.9 Å². The van der Waals surface area contributed by atoms with Crippen LogP contribution in [0.15, 0.2) is 50.8 Å². The number of carbonyl (C=O) groups is 1. The number of anilines is 1. The van der Waals surface area contributed by atoms with E-state index in [1.165, 1.54) is 21.1 Å². The van der Waals surface area contributed by atoms with Crippen LogP contribution in [0.5, 0.6) is 0 Å². The standard InChI is InChI=1S/C21H20N4O3S2/c1-3-8-22-17-15(19(26)24-9-4-6-13(2)18(24)23-17)11-16-20(27)25(21(29)30-16)12-14-7-5-10-28-14/h4-7,9-11,22H,3,8,12H2,1-2H3. The molecule has 1 fully saturated rings. The van der Waals surface area contributed by atoms with Gasteiger partial charge in [0.25, 0.3) is 11.5 Å². The number of pyridine rings is 1. The Bertz CT molecular complexity index is 1210. The lowest BCUT2D eigenvalue weighted by atomic mass is 10.2. The fraction of sp³-hybridized carbons (Fsp3) is 0.238. The summed E-state index contributed by atoms with van der Waals surface area (Å²) in [5.74, 6) is 0.852. The fourth-order valence-corrected chi connectivity index (χ4v) is 4.38. The number of nitrogens with one attached hydrogen (secondary N) is 1. The molecule has 0 aromatic carbocycles. The first-order chi connectivity index (χ1) is 14.5. The molecule has 30 heavy (non-hydrogen) atoms. The van der Waals surface area contributed by atoms with Crippen LogP contribution in [0.2, 0.25) is 0 Å². The van der Waals surface area contributed by atoms with Crippen LogP contribution in [-0.2, 0) is 11.3 Å². The minimum atomic E-state index is -0.253. The number of hydrogen-bond donors (Lipinski definition) is 1. The van der Waals surface area contributed by atoms with Gasteiger partial charge in [0.05, 0.1) is 23.3 Å². The van der Waals surface area contributed by atoms with Gasteiger partial charge < -0.3 is 9.73 Å². The summed E-state index contributed by atoms with van der Waals surface area (Å²) in [5.41, 5.74) is 1.58. The van der Waals surface area contributed by atoms with Gasteiger partial charge in [-0.15, -0.1) is 0 Å². The normalized spacial score (nSPS) is 15.5. The van der Waals surface area contributed by atoms with E-state index in [1.807, 2.05) is 19.9 Å². The molecule has 1 aliphatic heterocycles. The molecule has 1 amide bonds. The molecule has 0 saturated carbocycles. The molecule has 0 aliphatic carbocycles. The number of aromatic nitrogens is 2. The second-order valence-electron chi connectivity index (χ2n) is 6.84. The topological polar surface area (TPSA) is 79.9 Å². The number of nitrogens with zero attached hydrogens (tertiary/aromatic N) is 3. The molecule has 0 radical (unpaired) electrons. The number of furan rings is 1. The first-order valence-electron chi connectivity index (χ1n) is 9.53. The summed E-state index contributed by atoms with van der Waals surface area (Å²) in [6.07, 6.45) is 5.70. The van der Waals surface area contributed by atoms with E-state index in [-0.39, 0.29) is 18.0 Å². The molecule has 154 valence electrons. The molecular weight excluding hydrogens is 420 g/mol. The number of thiocarbonyl (C=S) groups is 1. The summed E-state index contributed by atoms with van der Waals surface area (Å²) < 4.78 is 7.26. The van der Waals surface area contributed by atoms with Gasteiger partial charge in [-0.1, -0.05) is 37.0 Å². The highest BCUT2D eigenvalue weighted by atomic mass is 32.2. The lowest BCUT2D eigenvalue weighted by Crippen LogP contribution is -2.27. The van der Waals surface area contributed by atoms with Gasteiger partial charge in [-0.25, -0.2) is 4.98 Å². The van der Waals surface area contributed by atoms with E-state index in [1.54, 1.807) is 36.7 Å². The molecule has 0 bridgehead atoms. The summed E-state index contributed by atoms with van der Waals surface area (Å²) in [5, 5.41) is 3.22. The highest BCUT2D eigenvalue weighted by Gasteiger charge is 2.33. The first-order valence-corrected chi connectivity index (χ1v) is 10.8. The Balaban J connectivity index is 1.77. The van der Waals surface area contributed by atoms with Crippen molar-refractivity contribution >= 4 is 51.7 Å². The van der Waals surface area contributed by atoms with Crippen LogP contribution in [0, 0.1) is 6.92 Å². The molecule has 4 heterocycles.